The molecule has 1 aromatic rings. The maximum absolute atomic E-state index is 10.3. The predicted molar refractivity (Wildman–Crippen MR) is 39.1 cm³/mol. The summed E-state index contributed by atoms with van der Waals surface area (Å²) in [6.07, 6.45) is 0.704. The lowest BCUT2D eigenvalue weighted by atomic mass is 10.2. The van der Waals surface area contributed by atoms with Gasteiger partial charge in [-0.1, -0.05) is 0 Å². The fraction of sp³-hybridized carbons (Fsp3) is 0.125. The standard InChI is InChI=1S/C8H6N2O/c1-6-2-7(5-11)3-8(4-9)10-6/h2-3,5H,1H3. The number of nitriles is 1. The van der Waals surface area contributed by atoms with Crippen LogP contribution in [0.4, 0.5) is 0 Å². The van der Waals surface area contributed by atoms with E-state index >= 15 is 0 Å². The minimum absolute atomic E-state index is 0.284. The largest absolute Gasteiger partial charge is 0.298 e. The Kier molecular flexibility index (Phi) is 1.98. The van der Waals surface area contributed by atoms with Gasteiger partial charge < -0.3 is 0 Å². The molecule has 0 saturated carbocycles. The first-order valence-electron chi connectivity index (χ1n) is 3.10. The molecule has 0 saturated heterocycles. The highest BCUT2D eigenvalue weighted by molar-refractivity contribution is 5.75. The molecule has 1 rings (SSSR count). The summed E-state index contributed by atoms with van der Waals surface area (Å²) in [6.45, 7) is 1.74. The van der Waals surface area contributed by atoms with Gasteiger partial charge in [0.25, 0.3) is 0 Å². The quantitative estimate of drug-likeness (QED) is 0.557. The van der Waals surface area contributed by atoms with Gasteiger partial charge in [0.2, 0.25) is 0 Å². The lowest BCUT2D eigenvalue weighted by molar-refractivity contribution is 0.112. The topological polar surface area (TPSA) is 53.8 Å². The number of aryl methyl sites for hydroxylation is 1. The molecule has 0 unspecified atom stereocenters. The second-order valence-corrected chi connectivity index (χ2v) is 2.16. The highest BCUT2D eigenvalue weighted by Gasteiger charge is 1.96. The molecule has 0 atom stereocenters. The summed E-state index contributed by atoms with van der Waals surface area (Å²) in [7, 11) is 0. The van der Waals surface area contributed by atoms with E-state index in [2.05, 4.69) is 4.98 Å². The van der Waals surface area contributed by atoms with E-state index in [1.807, 2.05) is 6.07 Å². The summed E-state index contributed by atoms with van der Waals surface area (Å²) in [6, 6.07) is 4.96. The highest BCUT2D eigenvalue weighted by atomic mass is 16.1. The molecule has 1 aromatic heterocycles. The van der Waals surface area contributed by atoms with Gasteiger partial charge in [0.05, 0.1) is 0 Å². The molecule has 1 heterocycles. The normalized spacial score (nSPS) is 8.73. The lowest BCUT2D eigenvalue weighted by Crippen LogP contribution is -1.90. The maximum atomic E-state index is 10.3. The van der Waals surface area contributed by atoms with Crippen LogP contribution < -0.4 is 0 Å². The first-order valence-corrected chi connectivity index (χ1v) is 3.10. The Hall–Kier alpha value is -1.69. The molecule has 0 fully saturated rings. The van der Waals surface area contributed by atoms with Crippen LogP contribution in [0, 0.1) is 18.3 Å². The number of aromatic nitrogens is 1. The van der Waals surface area contributed by atoms with Crippen molar-refractivity contribution in [3.05, 3.63) is 29.1 Å². The number of rotatable bonds is 1. The molecule has 0 aliphatic rings. The minimum atomic E-state index is 0.284. The van der Waals surface area contributed by atoms with Crippen LogP contribution in [0.3, 0.4) is 0 Å². The van der Waals surface area contributed by atoms with Gasteiger partial charge in [0, 0.05) is 11.3 Å². The summed E-state index contributed by atoms with van der Waals surface area (Å²) in [4.78, 5) is 14.2. The molecular weight excluding hydrogens is 140 g/mol. The van der Waals surface area contributed by atoms with Crippen molar-refractivity contribution in [1.29, 1.82) is 5.26 Å². The van der Waals surface area contributed by atoms with Crippen LogP contribution in [-0.4, -0.2) is 11.3 Å². The van der Waals surface area contributed by atoms with Gasteiger partial charge in [-0.15, -0.1) is 0 Å². The Labute approximate surface area is 64.3 Å². The van der Waals surface area contributed by atoms with E-state index in [4.69, 9.17) is 5.26 Å². The molecule has 0 radical (unpaired) electrons. The third-order valence-corrected chi connectivity index (χ3v) is 1.23. The molecule has 3 nitrogen and oxygen atoms in total. The number of hydrogen-bond donors (Lipinski definition) is 0. The Morgan fingerprint density at radius 1 is 1.64 bits per heavy atom. The summed E-state index contributed by atoms with van der Waals surface area (Å²) in [5.74, 6) is 0. The fourth-order valence-electron chi connectivity index (χ4n) is 0.821. The molecule has 0 aromatic carbocycles. The molecule has 3 heteroatoms. The van der Waals surface area contributed by atoms with Gasteiger partial charge in [-0.05, 0) is 19.1 Å². The third kappa shape index (κ3) is 1.62. The Bertz CT molecular complexity index is 325. The Morgan fingerprint density at radius 3 is 2.91 bits per heavy atom. The van der Waals surface area contributed by atoms with E-state index in [0.717, 1.165) is 0 Å². The van der Waals surface area contributed by atoms with E-state index in [-0.39, 0.29) is 5.69 Å². The monoisotopic (exact) mass is 146 g/mol. The summed E-state index contributed by atoms with van der Waals surface area (Å²) < 4.78 is 0. The maximum Gasteiger partial charge on any atom is 0.150 e. The summed E-state index contributed by atoms with van der Waals surface area (Å²) in [5.41, 5.74) is 1.47. The predicted octanol–water partition coefficient (Wildman–Crippen LogP) is 1.07. The molecule has 0 aliphatic heterocycles. The van der Waals surface area contributed by atoms with Crippen molar-refractivity contribution < 1.29 is 4.79 Å². The van der Waals surface area contributed by atoms with Crippen molar-refractivity contribution in [3.8, 4) is 6.07 Å². The number of pyridine rings is 1. The lowest BCUT2D eigenvalue weighted by Gasteiger charge is -1.93. The van der Waals surface area contributed by atoms with Crippen LogP contribution in [0.25, 0.3) is 0 Å². The average Bonchev–Trinajstić information content (AvgIpc) is 2.03. The first-order chi connectivity index (χ1) is 5.26. The Morgan fingerprint density at radius 2 is 2.36 bits per heavy atom. The summed E-state index contributed by atoms with van der Waals surface area (Å²) in [5, 5.41) is 8.45. The van der Waals surface area contributed by atoms with Crippen molar-refractivity contribution in [3.63, 3.8) is 0 Å². The molecule has 54 valence electrons. The summed E-state index contributed by atoms with van der Waals surface area (Å²) >= 11 is 0. The fourth-order valence-corrected chi connectivity index (χ4v) is 0.821. The van der Waals surface area contributed by atoms with E-state index in [1.165, 1.54) is 6.07 Å². The van der Waals surface area contributed by atoms with Gasteiger partial charge in [-0.25, -0.2) is 4.98 Å². The highest BCUT2D eigenvalue weighted by Crippen LogP contribution is 2.01. The molecular formula is C8H6N2O. The molecule has 0 N–H and O–H groups in total. The van der Waals surface area contributed by atoms with Crippen molar-refractivity contribution >= 4 is 6.29 Å². The molecule has 0 spiro atoms. The van der Waals surface area contributed by atoms with Crippen LogP contribution in [0.1, 0.15) is 21.7 Å². The van der Waals surface area contributed by atoms with E-state index < -0.39 is 0 Å². The minimum Gasteiger partial charge on any atom is -0.298 e. The second kappa shape index (κ2) is 2.93. The first kappa shape index (κ1) is 7.42. The SMILES string of the molecule is Cc1cc(C=O)cc(C#N)n1. The third-order valence-electron chi connectivity index (χ3n) is 1.23. The average molecular weight is 146 g/mol. The molecule has 11 heavy (non-hydrogen) atoms. The van der Waals surface area contributed by atoms with Crippen LogP contribution in [0.15, 0.2) is 12.1 Å². The van der Waals surface area contributed by atoms with Crippen LogP contribution in [0.5, 0.6) is 0 Å². The second-order valence-electron chi connectivity index (χ2n) is 2.16. The van der Waals surface area contributed by atoms with Crippen LogP contribution in [-0.2, 0) is 0 Å². The van der Waals surface area contributed by atoms with Crippen molar-refractivity contribution in [2.24, 2.45) is 0 Å². The molecule has 0 aliphatic carbocycles. The van der Waals surface area contributed by atoms with Gasteiger partial charge in [-0.2, -0.15) is 5.26 Å². The zero-order valence-electron chi connectivity index (χ0n) is 6.03. The van der Waals surface area contributed by atoms with Gasteiger partial charge in [0.15, 0.2) is 0 Å². The number of hydrogen-bond acceptors (Lipinski definition) is 3. The van der Waals surface area contributed by atoms with E-state index in [1.54, 1.807) is 13.0 Å². The van der Waals surface area contributed by atoms with Crippen LogP contribution >= 0.6 is 0 Å². The van der Waals surface area contributed by atoms with Crippen LogP contribution in [0.2, 0.25) is 0 Å². The van der Waals surface area contributed by atoms with Crippen molar-refractivity contribution in [2.75, 3.05) is 0 Å². The zero-order chi connectivity index (χ0) is 8.27. The van der Waals surface area contributed by atoms with Gasteiger partial charge >= 0.3 is 0 Å². The van der Waals surface area contributed by atoms with E-state index in [0.29, 0.717) is 17.5 Å². The number of nitrogens with zero attached hydrogens (tertiary/aromatic N) is 2. The van der Waals surface area contributed by atoms with Crippen molar-refractivity contribution in [1.82, 2.24) is 4.98 Å². The van der Waals surface area contributed by atoms with Gasteiger partial charge in [-0.3, -0.25) is 4.79 Å². The number of aldehydes is 1. The van der Waals surface area contributed by atoms with Crippen molar-refractivity contribution in [2.45, 2.75) is 6.92 Å². The number of carbonyl (C=O) groups excluding carboxylic acids is 1. The smallest absolute Gasteiger partial charge is 0.150 e. The molecule has 0 bridgehead atoms. The zero-order valence-corrected chi connectivity index (χ0v) is 6.03. The molecule has 0 amide bonds. The number of carbonyl (C=O) groups is 1. The Balaban J connectivity index is 3.25. The van der Waals surface area contributed by atoms with Gasteiger partial charge in [0.1, 0.15) is 18.0 Å². The van der Waals surface area contributed by atoms with E-state index in [9.17, 15) is 4.79 Å².